The fourth-order valence-electron chi connectivity index (χ4n) is 2.27. The average molecular weight is 242 g/mol. The normalized spacial score (nSPS) is 17.2. The summed E-state index contributed by atoms with van der Waals surface area (Å²) in [5.41, 5.74) is 7.42. The van der Waals surface area contributed by atoms with Crippen molar-refractivity contribution in [2.24, 2.45) is 0 Å². The summed E-state index contributed by atoms with van der Waals surface area (Å²) in [6.07, 6.45) is 2.49. The molecule has 0 amide bonds. The Morgan fingerprint density at radius 1 is 1.28 bits per heavy atom. The predicted octanol–water partition coefficient (Wildman–Crippen LogP) is 1.43. The summed E-state index contributed by atoms with van der Waals surface area (Å²) >= 11 is 0. The van der Waals surface area contributed by atoms with Crippen LogP contribution in [0, 0.1) is 0 Å². The van der Waals surface area contributed by atoms with Crippen LogP contribution in [-0.4, -0.2) is 10.7 Å². The van der Waals surface area contributed by atoms with E-state index in [2.05, 4.69) is 6.07 Å². The fraction of sp³-hybridized carbons (Fsp3) is 0.214. The molecule has 1 aliphatic rings. The molecule has 4 heteroatoms. The summed E-state index contributed by atoms with van der Waals surface area (Å²) in [6.45, 7) is 0.526. The van der Waals surface area contributed by atoms with Crippen LogP contribution in [0.1, 0.15) is 5.56 Å². The Morgan fingerprint density at radius 2 is 2.11 bits per heavy atom. The van der Waals surface area contributed by atoms with E-state index < -0.39 is 0 Å². The van der Waals surface area contributed by atoms with Gasteiger partial charge in [-0.3, -0.25) is 4.79 Å². The van der Waals surface area contributed by atoms with Crippen molar-refractivity contribution < 1.29 is 4.74 Å². The Labute approximate surface area is 105 Å². The van der Waals surface area contributed by atoms with E-state index in [0.717, 1.165) is 12.2 Å². The van der Waals surface area contributed by atoms with Gasteiger partial charge in [-0.2, -0.15) is 0 Å². The van der Waals surface area contributed by atoms with Gasteiger partial charge in [0, 0.05) is 24.4 Å². The van der Waals surface area contributed by atoms with Crippen LogP contribution in [0.25, 0.3) is 0 Å². The third-order valence-corrected chi connectivity index (χ3v) is 3.12. The Bertz CT molecular complexity index is 609. The largest absolute Gasteiger partial charge is 0.488 e. The summed E-state index contributed by atoms with van der Waals surface area (Å²) in [5.74, 6) is 0.916. The minimum absolute atomic E-state index is 0.00176. The first kappa shape index (κ1) is 10.9. The molecule has 18 heavy (non-hydrogen) atoms. The molecule has 0 saturated heterocycles. The zero-order valence-corrected chi connectivity index (χ0v) is 9.87. The molecular formula is C14H14N2O2. The number of aromatic nitrogens is 1. The van der Waals surface area contributed by atoms with E-state index in [1.807, 2.05) is 18.2 Å². The fourth-order valence-corrected chi connectivity index (χ4v) is 2.27. The Morgan fingerprint density at radius 3 is 2.94 bits per heavy atom. The lowest BCUT2D eigenvalue weighted by Gasteiger charge is -2.12. The molecule has 2 heterocycles. The zero-order chi connectivity index (χ0) is 12.5. The van der Waals surface area contributed by atoms with E-state index in [4.69, 9.17) is 10.5 Å². The molecule has 0 spiro atoms. The molecule has 4 nitrogen and oxygen atoms in total. The van der Waals surface area contributed by atoms with Gasteiger partial charge >= 0.3 is 0 Å². The smallest absolute Gasteiger partial charge is 0.250 e. The van der Waals surface area contributed by atoms with Gasteiger partial charge < -0.3 is 15.0 Å². The highest BCUT2D eigenvalue weighted by atomic mass is 16.5. The molecule has 0 aliphatic carbocycles. The van der Waals surface area contributed by atoms with Crippen molar-refractivity contribution in [2.75, 3.05) is 5.73 Å². The first-order valence-electron chi connectivity index (χ1n) is 5.93. The van der Waals surface area contributed by atoms with E-state index in [-0.39, 0.29) is 11.7 Å². The Balaban J connectivity index is 1.80. The van der Waals surface area contributed by atoms with Gasteiger partial charge in [0.1, 0.15) is 11.9 Å². The quantitative estimate of drug-likeness (QED) is 0.866. The highest BCUT2D eigenvalue weighted by Crippen LogP contribution is 2.28. The van der Waals surface area contributed by atoms with Crippen molar-refractivity contribution in [3.05, 3.63) is 58.5 Å². The molecule has 1 aromatic heterocycles. The molecule has 2 N–H and O–H groups in total. The van der Waals surface area contributed by atoms with Gasteiger partial charge in [0.25, 0.3) is 5.56 Å². The number of hydrogen-bond acceptors (Lipinski definition) is 3. The first-order chi connectivity index (χ1) is 8.72. The van der Waals surface area contributed by atoms with E-state index >= 15 is 0 Å². The molecular weight excluding hydrogens is 228 g/mol. The maximum atomic E-state index is 11.7. The first-order valence-corrected chi connectivity index (χ1v) is 5.93. The van der Waals surface area contributed by atoms with Gasteiger partial charge in [-0.1, -0.05) is 18.2 Å². The number of para-hydroxylation sites is 1. The van der Waals surface area contributed by atoms with Gasteiger partial charge in [-0.05, 0) is 17.7 Å². The number of hydrogen-bond donors (Lipinski definition) is 1. The van der Waals surface area contributed by atoms with E-state index in [9.17, 15) is 4.79 Å². The number of anilines is 1. The standard InChI is InChI=1S/C14H14N2O2/c15-11-5-6-14(17)16(8-11)9-12-7-10-3-1-2-4-13(10)18-12/h1-6,8,12H,7,9,15H2. The maximum Gasteiger partial charge on any atom is 0.250 e. The number of rotatable bonds is 2. The van der Waals surface area contributed by atoms with Crippen molar-refractivity contribution in [3.63, 3.8) is 0 Å². The second-order valence-electron chi connectivity index (χ2n) is 4.50. The second kappa shape index (κ2) is 4.22. The molecule has 2 aromatic rings. The summed E-state index contributed by atoms with van der Waals surface area (Å²) in [7, 11) is 0. The molecule has 3 rings (SSSR count). The van der Waals surface area contributed by atoms with Crippen molar-refractivity contribution in [1.82, 2.24) is 4.57 Å². The monoisotopic (exact) mass is 242 g/mol. The van der Waals surface area contributed by atoms with Crippen LogP contribution in [0.15, 0.2) is 47.4 Å². The van der Waals surface area contributed by atoms with Gasteiger partial charge in [0.05, 0.1) is 6.54 Å². The third-order valence-electron chi connectivity index (χ3n) is 3.12. The number of nitrogen functional groups attached to an aromatic ring is 1. The second-order valence-corrected chi connectivity index (χ2v) is 4.50. The molecule has 0 saturated carbocycles. The van der Waals surface area contributed by atoms with Crippen molar-refractivity contribution in [3.8, 4) is 5.75 Å². The number of nitrogens with zero attached hydrogens (tertiary/aromatic N) is 1. The van der Waals surface area contributed by atoms with Crippen molar-refractivity contribution in [1.29, 1.82) is 0 Å². The van der Waals surface area contributed by atoms with E-state index in [1.165, 1.54) is 11.6 Å². The van der Waals surface area contributed by atoms with Crippen LogP contribution in [0.2, 0.25) is 0 Å². The summed E-state index contributed by atoms with van der Waals surface area (Å²) in [4.78, 5) is 11.7. The molecule has 1 unspecified atom stereocenters. The lowest BCUT2D eigenvalue weighted by atomic mass is 10.1. The minimum atomic E-state index is -0.0521. The highest BCUT2D eigenvalue weighted by molar-refractivity contribution is 5.37. The molecule has 1 atom stereocenters. The lowest BCUT2D eigenvalue weighted by molar-refractivity contribution is 0.207. The number of ether oxygens (including phenoxy) is 1. The summed E-state index contributed by atoms with van der Waals surface area (Å²) < 4.78 is 7.41. The third kappa shape index (κ3) is 1.97. The number of fused-ring (bicyclic) bond motifs is 1. The van der Waals surface area contributed by atoms with Crippen LogP contribution in [-0.2, 0) is 13.0 Å². The SMILES string of the molecule is Nc1ccc(=O)n(CC2Cc3ccccc3O2)c1. The molecule has 0 bridgehead atoms. The van der Waals surface area contributed by atoms with Crippen molar-refractivity contribution >= 4 is 5.69 Å². The minimum Gasteiger partial charge on any atom is -0.488 e. The van der Waals surface area contributed by atoms with Gasteiger partial charge in [0.2, 0.25) is 0 Å². The van der Waals surface area contributed by atoms with Gasteiger partial charge in [-0.25, -0.2) is 0 Å². The van der Waals surface area contributed by atoms with Crippen LogP contribution < -0.4 is 16.0 Å². The van der Waals surface area contributed by atoms with Crippen LogP contribution in [0.5, 0.6) is 5.75 Å². The highest BCUT2D eigenvalue weighted by Gasteiger charge is 2.22. The van der Waals surface area contributed by atoms with Crippen LogP contribution in [0.4, 0.5) is 5.69 Å². The molecule has 0 radical (unpaired) electrons. The number of nitrogens with two attached hydrogens (primary N) is 1. The van der Waals surface area contributed by atoms with Crippen molar-refractivity contribution in [2.45, 2.75) is 19.1 Å². The van der Waals surface area contributed by atoms with Crippen LogP contribution in [0.3, 0.4) is 0 Å². The molecule has 92 valence electrons. The number of pyridine rings is 1. The number of benzene rings is 1. The topological polar surface area (TPSA) is 57.2 Å². The average Bonchev–Trinajstić information content (AvgIpc) is 2.76. The van der Waals surface area contributed by atoms with Gasteiger partial charge in [-0.15, -0.1) is 0 Å². The van der Waals surface area contributed by atoms with E-state index in [1.54, 1.807) is 16.8 Å². The molecule has 1 aliphatic heterocycles. The maximum absolute atomic E-state index is 11.7. The Kier molecular flexibility index (Phi) is 2.55. The van der Waals surface area contributed by atoms with E-state index in [0.29, 0.717) is 12.2 Å². The Hall–Kier alpha value is -2.23. The van der Waals surface area contributed by atoms with Gasteiger partial charge in [0.15, 0.2) is 0 Å². The van der Waals surface area contributed by atoms with Crippen LogP contribution >= 0.6 is 0 Å². The molecule has 1 aromatic carbocycles. The zero-order valence-electron chi connectivity index (χ0n) is 9.87. The molecule has 0 fully saturated rings. The summed E-state index contributed by atoms with van der Waals surface area (Å²) in [5, 5.41) is 0. The lowest BCUT2D eigenvalue weighted by Crippen LogP contribution is -2.28. The summed E-state index contributed by atoms with van der Waals surface area (Å²) in [6, 6.07) is 11.1. The predicted molar refractivity (Wildman–Crippen MR) is 69.7 cm³/mol.